The minimum absolute atomic E-state index is 0.179. The first-order chi connectivity index (χ1) is 7.24. The Bertz CT molecular complexity index is 367. The predicted molar refractivity (Wildman–Crippen MR) is 53.3 cm³/mol. The van der Waals surface area contributed by atoms with Crippen molar-refractivity contribution in [1.29, 1.82) is 0 Å². The zero-order valence-corrected chi connectivity index (χ0v) is 8.62. The number of carboxylic acid groups (broad SMARTS) is 1. The number of methoxy groups -OCH3 is 1. The molecule has 2 N–H and O–H groups in total. The van der Waals surface area contributed by atoms with Crippen LogP contribution in [-0.4, -0.2) is 28.4 Å². The van der Waals surface area contributed by atoms with Crippen LogP contribution in [-0.2, 0) is 0 Å². The molecule has 5 nitrogen and oxygen atoms in total. The van der Waals surface area contributed by atoms with E-state index >= 15 is 0 Å². The summed E-state index contributed by atoms with van der Waals surface area (Å²) in [7, 11) is 1.51. The molecule has 82 valence electrons. The van der Waals surface area contributed by atoms with E-state index in [0.717, 1.165) is 31.2 Å². The largest absolute Gasteiger partial charge is 0.480 e. The summed E-state index contributed by atoms with van der Waals surface area (Å²) >= 11 is 0. The van der Waals surface area contributed by atoms with Gasteiger partial charge in [-0.2, -0.15) is 0 Å². The highest BCUT2D eigenvalue weighted by Crippen LogP contribution is 2.39. The summed E-state index contributed by atoms with van der Waals surface area (Å²) in [6.45, 7) is 0. The van der Waals surface area contributed by atoms with Crippen molar-refractivity contribution in [2.45, 2.75) is 31.6 Å². The third kappa shape index (κ3) is 1.69. The summed E-state index contributed by atoms with van der Waals surface area (Å²) in [6.07, 6.45) is 4.35. The molecule has 0 saturated heterocycles. The van der Waals surface area contributed by atoms with E-state index in [2.05, 4.69) is 10.2 Å². The lowest BCUT2D eigenvalue weighted by molar-refractivity contribution is 0.0688. The molecule has 0 amide bonds. The Kier molecular flexibility index (Phi) is 2.62. The average molecular weight is 210 g/mol. The van der Waals surface area contributed by atoms with E-state index in [4.69, 9.17) is 9.84 Å². The maximum absolute atomic E-state index is 11.0. The second kappa shape index (κ2) is 3.92. The van der Waals surface area contributed by atoms with E-state index in [1.807, 2.05) is 0 Å². The van der Waals surface area contributed by atoms with Crippen LogP contribution >= 0.6 is 0 Å². The molecule has 0 radical (unpaired) electrons. The van der Waals surface area contributed by atoms with Crippen molar-refractivity contribution >= 4 is 5.97 Å². The van der Waals surface area contributed by atoms with Crippen LogP contribution in [0.5, 0.6) is 5.88 Å². The number of H-pyrrole nitrogens is 1. The molecule has 0 spiro atoms. The fourth-order valence-electron chi connectivity index (χ4n) is 2.25. The van der Waals surface area contributed by atoms with E-state index in [0.29, 0.717) is 5.88 Å². The number of aromatic nitrogens is 2. The molecular formula is C10H14N2O3. The lowest BCUT2D eigenvalue weighted by atomic mass is 9.97. The first kappa shape index (κ1) is 10.0. The smallest absolute Gasteiger partial charge is 0.354 e. The molecule has 1 aliphatic carbocycles. The van der Waals surface area contributed by atoms with Gasteiger partial charge in [-0.1, -0.05) is 12.8 Å². The molecule has 1 saturated carbocycles. The van der Waals surface area contributed by atoms with Crippen molar-refractivity contribution in [2.75, 3.05) is 7.11 Å². The van der Waals surface area contributed by atoms with Crippen molar-refractivity contribution in [2.24, 2.45) is 0 Å². The predicted octanol–water partition coefficient (Wildman–Crippen LogP) is 1.77. The standard InChI is InChI=1S/C10H14N2O3/c1-15-9-7(6-4-2-3-5-6)8(10(13)14)11-12-9/h6H,2-5H2,1H3,(H,11,12)(H,13,14). The lowest BCUT2D eigenvalue weighted by Crippen LogP contribution is -2.05. The minimum atomic E-state index is -0.965. The number of carbonyl (C=O) groups is 1. The molecule has 1 heterocycles. The number of ether oxygens (including phenoxy) is 1. The third-order valence-corrected chi connectivity index (χ3v) is 2.94. The number of nitrogens with one attached hydrogen (secondary N) is 1. The second-order valence-electron chi connectivity index (χ2n) is 3.81. The van der Waals surface area contributed by atoms with E-state index in [1.54, 1.807) is 0 Å². The van der Waals surface area contributed by atoms with Crippen molar-refractivity contribution in [3.8, 4) is 5.88 Å². The van der Waals surface area contributed by atoms with E-state index in [1.165, 1.54) is 7.11 Å². The van der Waals surface area contributed by atoms with Gasteiger partial charge in [0.2, 0.25) is 5.88 Å². The van der Waals surface area contributed by atoms with Gasteiger partial charge in [0.1, 0.15) is 0 Å². The maximum atomic E-state index is 11.0. The molecule has 1 aromatic rings. The van der Waals surface area contributed by atoms with Crippen LogP contribution in [0.1, 0.15) is 47.7 Å². The topological polar surface area (TPSA) is 75.2 Å². The molecule has 1 aliphatic rings. The highest BCUT2D eigenvalue weighted by Gasteiger charge is 2.28. The van der Waals surface area contributed by atoms with Crippen LogP contribution in [0.15, 0.2) is 0 Å². The monoisotopic (exact) mass is 210 g/mol. The van der Waals surface area contributed by atoms with Gasteiger partial charge in [0.15, 0.2) is 5.69 Å². The van der Waals surface area contributed by atoms with Crippen molar-refractivity contribution in [3.05, 3.63) is 11.3 Å². The minimum Gasteiger partial charge on any atom is -0.480 e. The van der Waals surface area contributed by atoms with Gasteiger partial charge in [0.05, 0.1) is 12.7 Å². The summed E-state index contributed by atoms with van der Waals surface area (Å²) in [5, 5.41) is 15.4. The van der Waals surface area contributed by atoms with Crippen LogP contribution in [0.4, 0.5) is 0 Å². The van der Waals surface area contributed by atoms with Crippen LogP contribution < -0.4 is 4.74 Å². The normalized spacial score (nSPS) is 16.9. The fourth-order valence-corrected chi connectivity index (χ4v) is 2.25. The fraction of sp³-hybridized carbons (Fsp3) is 0.600. The Hall–Kier alpha value is -1.52. The van der Waals surface area contributed by atoms with Crippen LogP contribution in [0.2, 0.25) is 0 Å². The van der Waals surface area contributed by atoms with Gasteiger partial charge in [-0.3, -0.25) is 5.10 Å². The van der Waals surface area contributed by atoms with Crippen molar-refractivity contribution in [1.82, 2.24) is 10.2 Å². The first-order valence-corrected chi connectivity index (χ1v) is 5.09. The lowest BCUT2D eigenvalue weighted by Gasteiger charge is -2.09. The number of hydrogen-bond donors (Lipinski definition) is 2. The summed E-state index contributed by atoms with van der Waals surface area (Å²) < 4.78 is 5.08. The number of aromatic carboxylic acids is 1. The average Bonchev–Trinajstić information content (AvgIpc) is 2.85. The van der Waals surface area contributed by atoms with Crippen LogP contribution in [0, 0.1) is 0 Å². The highest BCUT2D eigenvalue weighted by molar-refractivity contribution is 5.88. The number of nitrogens with zero attached hydrogens (tertiary/aromatic N) is 1. The SMILES string of the molecule is COc1n[nH]c(C(=O)O)c1C1CCCC1. The number of carboxylic acids is 1. The Labute approximate surface area is 87.4 Å². The molecule has 15 heavy (non-hydrogen) atoms. The van der Waals surface area contributed by atoms with Gasteiger partial charge in [-0.25, -0.2) is 4.79 Å². The quantitative estimate of drug-likeness (QED) is 0.797. The van der Waals surface area contributed by atoms with Crippen molar-refractivity contribution < 1.29 is 14.6 Å². The Morgan fingerprint density at radius 1 is 1.53 bits per heavy atom. The molecule has 2 rings (SSSR count). The summed E-state index contributed by atoms with van der Waals surface area (Å²) in [5.41, 5.74) is 0.918. The van der Waals surface area contributed by atoms with Gasteiger partial charge in [-0.05, 0) is 18.8 Å². The zero-order valence-electron chi connectivity index (χ0n) is 8.62. The number of rotatable bonds is 3. The second-order valence-corrected chi connectivity index (χ2v) is 3.81. The van der Waals surface area contributed by atoms with E-state index in [9.17, 15) is 4.79 Å². The molecular weight excluding hydrogens is 196 g/mol. The molecule has 0 aromatic carbocycles. The first-order valence-electron chi connectivity index (χ1n) is 5.09. The van der Waals surface area contributed by atoms with Gasteiger partial charge in [0.25, 0.3) is 0 Å². The van der Waals surface area contributed by atoms with Gasteiger partial charge >= 0.3 is 5.97 Å². The molecule has 0 aliphatic heterocycles. The molecule has 1 aromatic heterocycles. The van der Waals surface area contributed by atoms with Gasteiger partial charge in [0, 0.05) is 0 Å². The molecule has 0 atom stereocenters. The van der Waals surface area contributed by atoms with Crippen molar-refractivity contribution in [3.63, 3.8) is 0 Å². The summed E-state index contributed by atoms with van der Waals surface area (Å²) in [5.74, 6) is -0.253. The molecule has 1 fully saturated rings. The number of hydrogen-bond acceptors (Lipinski definition) is 3. The maximum Gasteiger partial charge on any atom is 0.354 e. The van der Waals surface area contributed by atoms with Gasteiger partial charge in [-0.15, -0.1) is 5.10 Å². The molecule has 0 unspecified atom stereocenters. The third-order valence-electron chi connectivity index (χ3n) is 2.94. The summed E-state index contributed by atoms with van der Waals surface area (Å²) in [4.78, 5) is 11.0. The highest BCUT2D eigenvalue weighted by atomic mass is 16.5. The van der Waals surface area contributed by atoms with Gasteiger partial charge < -0.3 is 9.84 Å². The Balaban J connectivity index is 2.39. The van der Waals surface area contributed by atoms with Crippen LogP contribution in [0.3, 0.4) is 0 Å². The number of aromatic amines is 1. The van der Waals surface area contributed by atoms with Crippen LogP contribution in [0.25, 0.3) is 0 Å². The van der Waals surface area contributed by atoms with E-state index in [-0.39, 0.29) is 11.6 Å². The Morgan fingerprint density at radius 2 is 2.20 bits per heavy atom. The molecule has 0 bridgehead atoms. The zero-order chi connectivity index (χ0) is 10.8. The molecule has 5 heteroatoms. The Morgan fingerprint density at radius 3 is 2.73 bits per heavy atom. The van der Waals surface area contributed by atoms with E-state index < -0.39 is 5.97 Å². The summed E-state index contributed by atoms with van der Waals surface area (Å²) in [6, 6.07) is 0.